The van der Waals surface area contributed by atoms with Crippen LogP contribution in [-0.4, -0.2) is 24.3 Å². The molecule has 92 valence electrons. The van der Waals surface area contributed by atoms with Crippen LogP contribution in [0.25, 0.3) is 21.9 Å². The lowest BCUT2D eigenvalue weighted by molar-refractivity contribution is 0.569. The topological polar surface area (TPSA) is 62.1 Å². The number of fused-ring (bicyclic) bond motifs is 3. The largest absolute Gasteiger partial charge is 0.422 e. The molecule has 0 aliphatic heterocycles. The molecule has 0 aliphatic carbocycles. The number of benzene rings is 1. The Kier molecular flexibility index (Phi) is 2.16. The first-order chi connectivity index (χ1) is 8.58. The second-order valence-corrected chi connectivity index (χ2v) is 4.54. The summed E-state index contributed by atoms with van der Waals surface area (Å²) in [5.74, 6) is 0. The van der Waals surface area contributed by atoms with Crippen molar-refractivity contribution in [1.82, 2.24) is 10.2 Å². The maximum absolute atomic E-state index is 11.9. The van der Waals surface area contributed by atoms with Crippen LogP contribution >= 0.6 is 0 Å². The van der Waals surface area contributed by atoms with Crippen molar-refractivity contribution in [2.24, 2.45) is 0 Å². The Morgan fingerprint density at radius 3 is 2.83 bits per heavy atom. The van der Waals surface area contributed by atoms with Crippen molar-refractivity contribution in [3.63, 3.8) is 0 Å². The number of hydrogen-bond acceptors (Lipinski definition) is 4. The van der Waals surface area contributed by atoms with Crippen molar-refractivity contribution in [3.05, 3.63) is 34.3 Å². The predicted octanol–water partition coefficient (Wildman–Crippen LogP) is 2.04. The van der Waals surface area contributed by atoms with Crippen LogP contribution in [0.3, 0.4) is 0 Å². The van der Waals surface area contributed by atoms with Gasteiger partial charge in [-0.3, -0.25) is 5.10 Å². The van der Waals surface area contributed by atoms with E-state index in [0.717, 1.165) is 16.8 Å². The van der Waals surface area contributed by atoms with Crippen molar-refractivity contribution in [2.75, 3.05) is 19.0 Å². The van der Waals surface area contributed by atoms with Crippen LogP contribution in [0.1, 0.15) is 5.69 Å². The number of nitrogens with one attached hydrogen (secondary N) is 1. The van der Waals surface area contributed by atoms with E-state index in [4.69, 9.17) is 4.42 Å². The lowest BCUT2D eigenvalue weighted by Gasteiger charge is -2.12. The minimum atomic E-state index is -0.348. The number of hydrogen-bond donors (Lipinski definition) is 1. The van der Waals surface area contributed by atoms with Crippen LogP contribution in [-0.2, 0) is 0 Å². The standard InChI is InChI=1S/C13H13N3O2/c1-7-11-12(15-14-7)9-5-4-8(16(2)3)6-10(9)18-13(11)17/h4-6H,1-3H3,(H,14,15). The minimum absolute atomic E-state index is 0.348. The fourth-order valence-electron chi connectivity index (χ4n) is 2.09. The third-order valence-electron chi connectivity index (χ3n) is 3.09. The zero-order valence-corrected chi connectivity index (χ0v) is 10.4. The summed E-state index contributed by atoms with van der Waals surface area (Å²) in [4.78, 5) is 13.9. The summed E-state index contributed by atoms with van der Waals surface area (Å²) in [6.07, 6.45) is 0. The Morgan fingerprint density at radius 2 is 2.11 bits per heavy atom. The van der Waals surface area contributed by atoms with Gasteiger partial charge >= 0.3 is 5.63 Å². The first-order valence-electron chi connectivity index (χ1n) is 5.67. The van der Waals surface area contributed by atoms with Crippen molar-refractivity contribution in [3.8, 4) is 0 Å². The van der Waals surface area contributed by atoms with Gasteiger partial charge in [0, 0.05) is 36.9 Å². The van der Waals surface area contributed by atoms with E-state index in [1.807, 2.05) is 44.1 Å². The normalized spacial score (nSPS) is 11.3. The molecular weight excluding hydrogens is 230 g/mol. The van der Waals surface area contributed by atoms with Gasteiger partial charge in [0.05, 0.1) is 0 Å². The fourth-order valence-corrected chi connectivity index (χ4v) is 2.09. The Labute approximate surface area is 103 Å². The lowest BCUT2D eigenvalue weighted by atomic mass is 10.1. The molecule has 1 aromatic carbocycles. The number of aromatic amines is 1. The predicted molar refractivity (Wildman–Crippen MR) is 71.2 cm³/mol. The van der Waals surface area contributed by atoms with E-state index in [-0.39, 0.29) is 5.63 Å². The van der Waals surface area contributed by atoms with Gasteiger partial charge in [-0.1, -0.05) is 0 Å². The van der Waals surface area contributed by atoms with Crippen molar-refractivity contribution >= 4 is 27.6 Å². The quantitative estimate of drug-likeness (QED) is 0.664. The number of anilines is 1. The Morgan fingerprint density at radius 1 is 1.33 bits per heavy atom. The Bertz CT molecular complexity index is 799. The molecule has 0 saturated carbocycles. The van der Waals surface area contributed by atoms with Crippen molar-refractivity contribution in [2.45, 2.75) is 6.92 Å². The molecule has 0 atom stereocenters. The van der Waals surface area contributed by atoms with E-state index in [1.54, 1.807) is 0 Å². The molecule has 0 radical (unpaired) electrons. The summed E-state index contributed by atoms with van der Waals surface area (Å²) >= 11 is 0. The highest BCUT2D eigenvalue weighted by Crippen LogP contribution is 2.25. The van der Waals surface area contributed by atoms with Gasteiger partial charge in [0.2, 0.25) is 0 Å². The maximum atomic E-state index is 11.9. The van der Waals surface area contributed by atoms with Crippen LogP contribution in [0, 0.1) is 6.92 Å². The van der Waals surface area contributed by atoms with Crippen LogP contribution in [0.2, 0.25) is 0 Å². The van der Waals surface area contributed by atoms with Gasteiger partial charge in [0.1, 0.15) is 16.5 Å². The smallest absolute Gasteiger partial charge is 0.347 e. The summed E-state index contributed by atoms with van der Waals surface area (Å²) in [5, 5.41) is 8.38. The van der Waals surface area contributed by atoms with Crippen LogP contribution in [0.4, 0.5) is 5.69 Å². The summed E-state index contributed by atoms with van der Waals surface area (Å²) in [7, 11) is 3.88. The van der Waals surface area contributed by atoms with Crippen molar-refractivity contribution < 1.29 is 4.42 Å². The van der Waals surface area contributed by atoms with Gasteiger partial charge < -0.3 is 9.32 Å². The summed E-state index contributed by atoms with van der Waals surface area (Å²) in [5.41, 5.74) is 2.60. The van der Waals surface area contributed by atoms with E-state index < -0.39 is 0 Å². The average Bonchev–Trinajstić information content (AvgIpc) is 2.71. The molecule has 0 amide bonds. The zero-order chi connectivity index (χ0) is 12.9. The number of nitrogens with zero attached hydrogens (tertiary/aromatic N) is 2. The molecule has 0 unspecified atom stereocenters. The Balaban J connectivity index is 2.47. The molecular formula is C13H13N3O2. The molecule has 5 heteroatoms. The van der Waals surface area contributed by atoms with E-state index >= 15 is 0 Å². The van der Waals surface area contributed by atoms with Crippen LogP contribution in [0.5, 0.6) is 0 Å². The van der Waals surface area contributed by atoms with Gasteiger partial charge in [-0.25, -0.2) is 4.79 Å². The van der Waals surface area contributed by atoms with E-state index in [2.05, 4.69) is 10.2 Å². The Hall–Kier alpha value is -2.30. The summed E-state index contributed by atoms with van der Waals surface area (Å²) < 4.78 is 5.36. The van der Waals surface area contributed by atoms with Gasteiger partial charge in [0.25, 0.3) is 0 Å². The third kappa shape index (κ3) is 1.40. The summed E-state index contributed by atoms with van der Waals surface area (Å²) in [6, 6.07) is 5.75. The fraction of sp³-hybridized carbons (Fsp3) is 0.231. The average molecular weight is 243 g/mol. The molecule has 0 spiro atoms. The number of rotatable bonds is 1. The molecule has 0 saturated heterocycles. The van der Waals surface area contributed by atoms with Gasteiger partial charge in [-0.2, -0.15) is 5.10 Å². The SMILES string of the molecule is Cc1[nH]nc2c1c(=O)oc1cc(N(C)C)ccc12. The van der Waals surface area contributed by atoms with Gasteiger partial charge in [0.15, 0.2) is 0 Å². The summed E-state index contributed by atoms with van der Waals surface area (Å²) in [6.45, 7) is 1.81. The van der Waals surface area contributed by atoms with E-state index in [0.29, 0.717) is 16.5 Å². The van der Waals surface area contributed by atoms with Crippen LogP contribution in [0.15, 0.2) is 27.4 Å². The monoisotopic (exact) mass is 243 g/mol. The van der Waals surface area contributed by atoms with Gasteiger partial charge in [-0.15, -0.1) is 0 Å². The molecule has 2 aromatic heterocycles. The first-order valence-corrected chi connectivity index (χ1v) is 5.67. The lowest BCUT2D eigenvalue weighted by Crippen LogP contribution is -2.08. The van der Waals surface area contributed by atoms with E-state index in [1.165, 1.54) is 0 Å². The van der Waals surface area contributed by atoms with Crippen molar-refractivity contribution in [1.29, 1.82) is 0 Å². The number of H-pyrrole nitrogens is 1. The second-order valence-electron chi connectivity index (χ2n) is 4.54. The third-order valence-corrected chi connectivity index (χ3v) is 3.09. The number of aryl methyl sites for hydroxylation is 1. The molecule has 0 bridgehead atoms. The molecule has 3 rings (SSSR count). The molecule has 3 aromatic rings. The molecule has 0 aliphatic rings. The highest BCUT2D eigenvalue weighted by molar-refractivity contribution is 6.03. The first kappa shape index (κ1) is 10.8. The highest BCUT2D eigenvalue weighted by Gasteiger charge is 2.13. The molecule has 5 nitrogen and oxygen atoms in total. The molecule has 18 heavy (non-hydrogen) atoms. The maximum Gasteiger partial charge on any atom is 0.347 e. The number of aromatic nitrogens is 2. The highest BCUT2D eigenvalue weighted by atomic mass is 16.4. The zero-order valence-electron chi connectivity index (χ0n) is 10.4. The minimum Gasteiger partial charge on any atom is -0.422 e. The van der Waals surface area contributed by atoms with E-state index in [9.17, 15) is 4.79 Å². The molecule has 0 fully saturated rings. The molecule has 1 N–H and O–H groups in total. The molecule has 2 heterocycles. The van der Waals surface area contributed by atoms with Crippen LogP contribution < -0.4 is 10.5 Å². The van der Waals surface area contributed by atoms with Gasteiger partial charge in [-0.05, 0) is 19.1 Å². The second kappa shape index (κ2) is 3.60.